The van der Waals surface area contributed by atoms with Crippen molar-refractivity contribution in [1.82, 2.24) is 14.5 Å². The number of hydrogen-bond acceptors (Lipinski definition) is 6. The number of benzene rings is 1. The SMILES string of the molecule is CC(C)(O)O.OC1c2c(Cl)nc3c(ncn3C3CCCC3)c2NC1Cc1ccccc1. The highest BCUT2D eigenvalue weighted by Crippen LogP contribution is 2.44. The molecular weight excluding hydrogens is 416 g/mol. The standard InChI is InChI=1S/C20H21ClN4O.C3H8O2/c21-19-15-16(23-14(18(15)26)10-12-6-2-1-3-7-12)17-20(24-19)25(11-22-17)13-8-4-5-9-13;1-3(2,4)5/h1-3,6-7,11,13-14,18,23,26H,4-5,8-10H2;4-5H,1-2H3. The van der Waals surface area contributed by atoms with Crippen LogP contribution in [0.2, 0.25) is 5.15 Å². The number of pyridine rings is 1. The van der Waals surface area contributed by atoms with Crippen LogP contribution in [0.4, 0.5) is 5.69 Å². The maximum Gasteiger partial charge on any atom is 0.163 e. The molecule has 2 atom stereocenters. The summed E-state index contributed by atoms with van der Waals surface area (Å²) in [5.74, 6) is -1.50. The fraction of sp³-hybridized carbons (Fsp3) is 0.478. The maximum absolute atomic E-state index is 10.8. The Morgan fingerprint density at radius 3 is 2.45 bits per heavy atom. The van der Waals surface area contributed by atoms with Gasteiger partial charge in [0.2, 0.25) is 0 Å². The van der Waals surface area contributed by atoms with Crippen molar-refractivity contribution in [3.63, 3.8) is 0 Å². The number of nitrogens with one attached hydrogen (secondary N) is 1. The lowest BCUT2D eigenvalue weighted by molar-refractivity contribution is -0.127. The molecule has 3 aromatic rings. The summed E-state index contributed by atoms with van der Waals surface area (Å²) in [7, 11) is 0. The lowest BCUT2D eigenvalue weighted by atomic mass is 10.0. The minimum absolute atomic E-state index is 0.131. The Balaban J connectivity index is 0.000000418. The van der Waals surface area contributed by atoms with Crippen molar-refractivity contribution in [3.8, 4) is 0 Å². The summed E-state index contributed by atoms with van der Waals surface area (Å²) in [4.78, 5) is 9.23. The van der Waals surface area contributed by atoms with Crippen molar-refractivity contribution >= 4 is 28.5 Å². The molecule has 5 rings (SSSR count). The van der Waals surface area contributed by atoms with Crippen molar-refractivity contribution < 1.29 is 15.3 Å². The largest absolute Gasteiger partial charge is 0.386 e. The molecule has 31 heavy (non-hydrogen) atoms. The summed E-state index contributed by atoms with van der Waals surface area (Å²) in [6.45, 7) is 2.60. The summed E-state index contributed by atoms with van der Waals surface area (Å²) in [5.41, 5.74) is 4.32. The molecule has 3 heterocycles. The predicted octanol–water partition coefficient (Wildman–Crippen LogP) is 3.98. The molecule has 2 aliphatic rings. The zero-order valence-electron chi connectivity index (χ0n) is 17.8. The molecule has 1 aliphatic carbocycles. The average molecular weight is 445 g/mol. The van der Waals surface area contributed by atoms with Crippen LogP contribution in [0.1, 0.15) is 62.8 Å². The zero-order chi connectivity index (χ0) is 22.2. The second-order valence-electron chi connectivity index (χ2n) is 8.83. The zero-order valence-corrected chi connectivity index (χ0v) is 18.5. The predicted molar refractivity (Wildman–Crippen MR) is 121 cm³/mol. The lowest BCUT2D eigenvalue weighted by Crippen LogP contribution is -2.23. The Morgan fingerprint density at radius 2 is 1.81 bits per heavy atom. The maximum atomic E-state index is 10.8. The normalized spacial score (nSPS) is 21.0. The molecule has 1 aliphatic heterocycles. The van der Waals surface area contributed by atoms with Gasteiger partial charge in [0.1, 0.15) is 16.8 Å². The fourth-order valence-electron chi connectivity index (χ4n) is 4.39. The van der Waals surface area contributed by atoms with E-state index in [4.69, 9.17) is 21.8 Å². The van der Waals surface area contributed by atoms with E-state index in [1.54, 1.807) is 0 Å². The third-order valence-electron chi connectivity index (χ3n) is 5.72. The number of aliphatic hydroxyl groups excluding tert-OH is 1. The summed E-state index contributed by atoms with van der Waals surface area (Å²) in [6.07, 6.45) is 6.73. The van der Waals surface area contributed by atoms with Crippen LogP contribution in [-0.4, -0.2) is 41.7 Å². The molecule has 2 unspecified atom stereocenters. The van der Waals surface area contributed by atoms with Crippen LogP contribution < -0.4 is 5.32 Å². The van der Waals surface area contributed by atoms with Crippen LogP contribution in [-0.2, 0) is 6.42 Å². The molecule has 1 saturated carbocycles. The first kappa shape index (κ1) is 22.0. The van der Waals surface area contributed by atoms with Crippen LogP contribution in [0.25, 0.3) is 11.2 Å². The average Bonchev–Trinajstić information content (AvgIpc) is 3.41. The highest BCUT2D eigenvalue weighted by molar-refractivity contribution is 6.31. The molecule has 166 valence electrons. The van der Waals surface area contributed by atoms with Crippen molar-refractivity contribution in [3.05, 3.63) is 52.9 Å². The van der Waals surface area contributed by atoms with Gasteiger partial charge in [-0.3, -0.25) is 0 Å². The molecular formula is C23H29ClN4O3. The fourth-order valence-corrected chi connectivity index (χ4v) is 4.67. The number of rotatable bonds is 3. The second kappa shape index (κ2) is 8.74. The summed E-state index contributed by atoms with van der Waals surface area (Å²) >= 11 is 6.50. The van der Waals surface area contributed by atoms with Gasteiger partial charge in [-0.05, 0) is 38.7 Å². The van der Waals surface area contributed by atoms with Gasteiger partial charge in [-0.25, -0.2) is 9.97 Å². The number of halogens is 1. The van der Waals surface area contributed by atoms with E-state index in [0.717, 1.165) is 36.1 Å². The van der Waals surface area contributed by atoms with Gasteiger partial charge in [0.05, 0.1) is 18.1 Å². The number of aliphatic hydroxyl groups is 3. The first-order chi connectivity index (χ1) is 14.7. The van der Waals surface area contributed by atoms with E-state index in [1.165, 1.54) is 32.3 Å². The molecule has 8 heteroatoms. The van der Waals surface area contributed by atoms with Crippen molar-refractivity contribution in [2.24, 2.45) is 0 Å². The Bertz CT molecular complexity index is 1040. The minimum atomic E-state index is -1.50. The van der Waals surface area contributed by atoms with Crippen LogP contribution in [0, 0.1) is 0 Å². The van der Waals surface area contributed by atoms with E-state index in [0.29, 0.717) is 16.8 Å². The third-order valence-corrected chi connectivity index (χ3v) is 6.01. The Morgan fingerprint density at radius 1 is 1.16 bits per heavy atom. The first-order valence-electron chi connectivity index (χ1n) is 10.7. The molecule has 1 fully saturated rings. The molecule has 0 saturated heterocycles. The van der Waals surface area contributed by atoms with Gasteiger partial charge < -0.3 is 25.2 Å². The first-order valence-corrected chi connectivity index (χ1v) is 11.1. The van der Waals surface area contributed by atoms with Crippen LogP contribution >= 0.6 is 11.6 Å². The van der Waals surface area contributed by atoms with E-state index in [1.807, 2.05) is 24.5 Å². The van der Waals surface area contributed by atoms with Gasteiger partial charge in [0.25, 0.3) is 0 Å². The van der Waals surface area contributed by atoms with Crippen molar-refractivity contribution in [1.29, 1.82) is 0 Å². The van der Waals surface area contributed by atoms with E-state index in [-0.39, 0.29) is 6.04 Å². The lowest BCUT2D eigenvalue weighted by Gasteiger charge is -2.15. The van der Waals surface area contributed by atoms with Gasteiger partial charge in [-0.15, -0.1) is 0 Å². The minimum Gasteiger partial charge on any atom is -0.386 e. The molecule has 0 amide bonds. The van der Waals surface area contributed by atoms with Gasteiger partial charge in [0.15, 0.2) is 11.4 Å². The number of nitrogens with zero attached hydrogens (tertiary/aromatic N) is 3. The van der Waals surface area contributed by atoms with E-state index >= 15 is 0 Å². The number of anilines is 1. The molecule has 2 aromatic heterocycles. The molecule has 4 N–H and O–H groups in total. The second-order valence-corrected chi connectivity index (χ2v) is 9.19. The highest BCUT2D eigenvalue weighted by Gasteiger charge is 2.36. The van der Waals surface area contributed by atoms with Gasteiger partial charge in [-0.2, -0.15) is 0 Å². The van der Waals surface area contributed by atoms with E-state index in [9.17, 15) is 5.11 Å². The summed E-state index contributed by atoms with van der Waals surface area (Å²) < 4.78 is 2.16. The number of fused-ring (bicyclic) bond motifs is 3. The van der Waals surface area contributed by atoms with Crippen LogP contribution in [0.5, 0.6) is 0 Å². The molecule has 0 bridgehead atoms. The van der Waals surface area contributed by atoms with Crippen LogP contribution in [0.15, 0.2) is 36.7 Å². The molecule has 0 spiro atoms. The van der Waals surface area contributed by atoms with Gasteiger partial charge in [-0.1, -0.05) is 54.8 Å². The van der Waals surface area contributed by atoms with Gasteiger partial charge >= 0.3 is 0 Å². The summed E-state index contributed by atoms with van der Waals surface area (Å²) in [6, 6.07) is 10.5. The van der Waals surface area contributed by atoms with E-state index in [2.05, 4.69) is 32.0 Å². The molecule has 1 aromatic carbocycles. The number of imidazole rings is 1. The Kier molecular flexibility index (Phi) is 6.21. The van der Waals surface area contributed by atoms with Crippen molar-refractivity contribution in [2.75, 3.05) is 5.32 Å². The third kappa shape index (κ3) is 4.85. The van der Waals surface area contributed by atoms with Crippen LogP contribution in [0.3, 0.4) is 0 Å². The summed E-state index contributed by atoms with van der Waals surface area (Å²) in [5, 5.41) is 30.8. The quantitative estimate of drug-likeness (QED) is 0.360. The number of hydrogen-bond donors (Lipinski definition) is 4. The monoisotopic (exact) mass is 444 g/mol. The molecule has 0 radical (unpaired) electrons. The Labute approximate surface area is 186 Å². The smallest absolute Gasteiger partial charge is 0.163 e. The number of aromatic nitrogens is 3. The Hall–Kier alpha value is -2.19. The molecule has 7 nitrogen and oxygen atoms in total. The topological polar surface area (TPSA) is 103 Å². The van der Waals surface area contributed by atoms with Crippen molar-refractivity contribution in [2.45, 2.75) is 69.9 Å². The highest BCUT2D eigenvalue weighted by atomic mass is 35.5. The van der Waals surface area contributed by atoms with E-state index < -0.39 is 11.9 Å². The van der Waals surface area contributed by atoms with Gasteiger partial charge in [0, 0.05) is 11.6 Å².